The van der Waals surface area contributed by atoms with Crippen LogP contribution in [-0.4, -0.2) is 14.7 Å². The van der Waals surface area contributed by atoms with Crippen LogP contribution in [0, 0.1) is 0 Å². The van der Waals surface area contributed by atoms with Gasteiger partial charge in [0.05, 0.1) is 0 Å². The first-order valence-electron chi connectivity index (χ1n) is 8.67. The molecule has 0 saturated heterocycles. The fourth-order valence-corrected chi connectivity index (χ4v) is 0. The molecule has 0 heterocycles. The van der Waals surface area contributed by atoms with Crippen LogP contribution in [0.1, 0.15) is 55.4 Å². The third-order valence-corrected chi connectivity index (χ3v) is 0. The molecule has 0 aromatic rings. The van der Waals surface area contributed by atoms with Gasteiger partial charge in [0, 0.05) is 0 Å². The van der Waals surface area contributed by atoms with Gasteiger partial charge in [-0.1, -0.05) is 48.6 Å². The van der Waals surface area contributed by atoms with E-state index in [0.717, 1.165) is 0 Å². The lowest BCUT2D eigenvalue weighted by atomic mass is 10.8. The van der Waals surface area contributed by atoms with E-state index >= 15 is 0 Å². The predicted octanol–water partition coefficient (Wildman–Crippen LogP) is 8.61. The zero-order valence-electron chi connectivity index (χ0n) is 20.5. The van der Waals surface area contributed by atoms with Gasteiger partial charge in [0.15, 0.2) is 0 Å². The van der Waals surface area contributed by atoms with Crippen molar-refractivity contribution in [2.24, 2.45) is 0 Å². The zero-order chi connectivity index (χ0) is 26.2. The second kappa shape index (κ2) is 113. The van der Waals surface area contributed by atoms with Crippen molar-refractivity contribution in [1.29, 1.82) is 0 Å². The van der Waals surface area contributed by atoms with Crippen molar-refractivity contribution in [3.05, 3.63) is 101 Å². The van der Waals surface area contributed by atoms with Crippen molar-refractivity contribution >= 4 is 7.82 Å². The average Bonchev–Trinajstić information content (AvgIpc) is 2.51. The Morgan fingerprint density at radius 2 is 0.414 bits per heavy atom. The van der Waals surface area contributed by atoms with E-state index in [1.54, 1.807) is 48.6 Å². The number of allylic oxidation sites excluding steroid dienone is 8. The summed E-state index contributed by atoms with van der Waals surface area (Å²) in [5, 5.41) is 0. The normalized spacial score (nSPS) is 5.62. The fourth-order valence-electron chi connectivity index (χ4n) is 0. The molecule has 0 saturated carbocycles. The lowest BCUT2D eigenvalue weighted by molar-refractivity contribution is 0.275. The molecular formula is C24H51O4P. The van der Waals surface area contributed by atoms with E-state index in [1.165, 1.54) is 0 Å². The van der Waals surface area contributed by atoms with Gasteiger partial charge in [-0.3, -0.25) is 0 Å². The molecule has 0 aliphatic carbocycles. The molecule has 176 valence electrons. The first-order valence-corrected chi connectivity index (χ1v) is 10.2. The summed E-state index contributed by atoms with van der Waals surface area (Å²) in [5.74, 6) is 0. The van der Waals surface area contributed by atoms with E-state index in [1.807, 2.05) is 55.4 Å². The Hall–Kier alpha value is -1.97. The van der Waals surface area contributed by atoms with Gasteiger partial charge < -0.3 is 14.7 Å². The molecule has 0 amide bonds. The van der Waals surface area contributed by atoms with Crippen LogP contribution in [0.2, 0.25) is 0 Å². The molecule has 0 radical (unpaired) electrons. The molecule has 0 aliphatic heterocycles. The van der Waals surface area contributed by atoms with E-state index in [9.17, 15) is 0 Å². The van der Waals surface area contributed by atoms with E-state index < -0.39 is 7.82 Å². The van der Waals surface area contributed by atoms with Gasteiger partial charge in [-0.15, -0.1) is 52.6 Å². The molecule has 0 spiro atoms. The lowest BCUT2D eigenvalue weighted by Crippen LogP contribution is -1.66. The van der Waals surface area contributed by atoms with Crippen LogP contribution in [0.4, 0.5) is 0 Å². The Morgan fingerprint density at radius 3 is 0.414 bits per heavy atom. The van der Waals surface area contributed by atoms with Crippen molar-refractivity contribution in [1.82, 2.24) is 0 Å². The van der Waals surface area contributed by atoms with Crippen LogP contribution >= 0.6 is 7.82 Å². The number of phosphoric acid groups is 1. The van der Waals surface area contributed by atoms with Crippen LogP contribution in [0.25, 0.3) is 0 Å². The van der Waals surface area contributed by atoms with Gasteiger partial charge in [-0.05, 0) is 55.4 Å². The standard InChI is InChI=1S/8C3H6.H3O4P/c8*1-3-2;1-5(2,3)4/h8*3H,1H2,2H3;(H3,1,2,3,4). The summed E-state index contributed by atoms with van der Waals surface area (Å²) in [7, 11) is -4.64. The largest absolute Gasteiger partial charge is 0.466 e. The fraction of sp³-hybridized carbons (Fsp3) is 0.333. The molecule has 3 N–H and O–H groups in total. The highest BCUT2D eigenvalue weighted by Crippen LogP contribution is 2.25. The molecule has 5 heteroatoms. The quantitative estimate of drug-likeness (QED) is 0.263. The molecule has 0 aromatic carbocycles. The van der Waals surface area contributed by atoms with Gasteiger partial charge in [0.2, 0.25) is 0 Å². The van der Waals surface area contributed by atoms with Crippen LogP contribution < -0.4 is 0 Å². The summed E-state index contributed by atoms with van der Waals surface area (Å²) in [4.78, 5) is 21.6. The Labute approximate surface area is 184 Å². The number of rotatable bonds is 0. The SMILES string of the molecule is C=CC.C=CC.C=CC.C=CC.C=CC.C=CC.C=CC.C=CC.O=P(O)(O)O. The van der Waals surface area contributed by atoms with Crippen LogP contribution in [-0.2, 0) is 4.57 Å². The molecular weight excluding hydrogens is 383 g/mol. The lowest BCUT2D eigenvalue weighted by Gasteiger charge is -1.82. The monoisotopic (exact) mass is 434 g/mol. The Morgan fingerprint density at radius 1 is 0.414 bits per heavy atom. The highest BCUT2D eigenvalue weighted by molar-refractivity contribution is 7.45. The zero-order valence-corrected chi connectivity index (χ0v) is 21.4. The van der Waals surface area contributed by atoms with Gasteiger partial charge in [-0.25, -0.2) is 4.57 Å². The smallest absolute Gasteiger partial charge is 0.303 e. The summed E-state index contributed by atoms with van der Waals surface area (Å²) in [6.07, 6.45) is 14.0. The van der Waals surface area contributed by atoms with Crippen molar-refractivity contribution in [2.45, 2.75) is 55.4 Å². The molecule has 0 unspecified atom stereocenters. The first-order chi connectivity index (χ1) is 13.3. The third kappa shape index (κ3) is 3870. The number of hydrogen-bond acceptors (Lipinski definition) is 1. The average molecular weight is 435 g/mol. The minimum absolute atomic E-state index is 1.75. The molecule has 4 nitrogen and oxygen atoms in total. The highest BCUT2D eigenvalue weighted by Gasteiger charge is 2.00. The molecule has 29 heavy (non-hydrogen) atoms. The molecule has 0 rings (SSSR count). The topological polar surface area (TPSA) is 77.8 Å². The minimum Gasteiger partial charge on any atom is -0.303 e. The van der Waals surface area contributed by atoms with Crippen molar-refractivity contribution in [3.8, 4) is 0 Å². The van der Waals surface area contributed by atoms with Gasteiger partial charge in [0.1, 0.15) is 0 Å². The van der Waals surface area contributed by atoms with E-state index in [4.69, 9.17) is 19.2 Å². The third-order valence-electron chi connectivity index (χ3n) is 0. The maximum absolute atomic E-state index is 8.88. The molecule has 0 bridgehead atoms. The molecule has 0 fully saturated rings. The molecule has 0 aliphatic rings. The predicted molar refractivity (Wildman–Crippen MR) is 141 cm³/mol. The van der Waals surface area contributed by atoms with E-state index in [0.29, 0.717) is 0 Å². The molecule has 0 aromatic heterocycles. The Balaban J connectivity index is -0.0000000223. The van der Waals surface area contributed by atoms with Crippen molar-refractivity contribution in [2.75, 3.05) is 0 Å². The summed E-state index contributed by atoms with van der Waals surface area (Å²) in [6, 6.07) is 0. The maximum atomic E-state index is 8.88. The Kier molecular flexibility index (Phi) is 219. The second-order valence-electron chi connectivity index (χ2n) is 3.78. The summed E-state index contributed by atoms with van der Waals surface area (Å²) in [5.41, 5.74) is 0. The Bertz CT molecular complexity index is 261. The van der Waals surface area contributed by atoms with Gasteiger partial charge >= 0.3 is 7.82 Å². The van der Waals surface area contributed by atoms with Crippen LogP contribution in [0.5, 0.6) is 0 Å². The summed E-state index contributed by atoms with van der Waals surface area (Å²) >= 11 is 0. The molecule has 0 atom stereocenters. The minimum atomic E-state index is -4.64. The van der Waals surface area contributed by atoms with Crippen LogP contribution in [0.15, 0.2) is 101 Å². The maximum Gasteiger partial charge on any atom is 0.466 e. The summed E-state index contributed by atoms with van der Waals surface area (Å²) in [6.45, 7) is 42.0. The highest BCUT2D eigenvalue weighted by atomic mass is 31.2. The van der Waals surface area contributed by atoms with E-state index in [-0.39, 0.29) is 0 Å². The van der Waals surface area contributed by atoms with Gasteiger partial charge in [0.25, 0.3) is 0 Å². The van der Waals surface area contributed by atoms with Gasteiger partial charge in [-0.2, -0.15) is 0 Å². The van der Waals surface area contributed by atoms with Crippen molar-refractivity contribution < 1.29 is 19.2 Å². The van der Waals surface area contributed by atoms with Crippen LogP contribution in [0.3, 0.4) is 0 Å². The second-order valence-corrected chi connectivity index (χ2v) is 4.81. The summed E-state index contributed by atoms with van der Waals surface area (Å²) < 4.78 is 8.88. The number of hydrogen-bond donors (Lipinski definition) is 3. The first kappa shape index (κ1) is 56.3. The van der Waals surface area contributed by atoms with Crippen molar-refractivity contribution in [3.63, 3.8) is 0 Å². The van der Waals surface area contributed by atoms with E-state index in [2.05, 4.69) is 52.6 Å².